The van der Waals surface area contributed by atoms with Gasteiger partial charge in [0, 0.05) is 5.92 Å². The molecule has 0 saturated heterocycles. The van der Waals surface area contributed by atoms with Crippen LogP contribution in [0.5, 0.6) is 0 Å². The van der Waals surface area contributed by atoms with E-state index < -0.39 is 17.7 Å². The van der Waals surface area contributed by atoms with Gasteiger partial charge in [-0.1, -0.05) is 36.4 Å². The summed E-state index contributed by atoms with van der Waals surface area (Å²) in [6.07, 6.45) is 0.395. The smallest absolute Gasteiger partial charge is 0.418 e. The Bertz CT molecular complexity index is 903. The van der Waals surface area contributed by atoms with Crippen molar-refractivity contribution >= 4 is 11.7 Å². The first-order valence-corrected chi connectivity index (χ1v) is 8.71. The van der Waals surface area contributed by atoms with Gasteiger partial charge >= 0.3 is 12.1 Å². The molecule has 27 heavy (non-hydrogen) atoms. The van der Waals surface area contributed by atoms with Crippen LogP contribution in [0.4, 0.5) is 18.9 Å². The lowest BCUT2D eigenvalue weighted by atomic mass is 9.76. The molecule has 0 fully saturated rings. The molecule has 1 aliphatic heterocycles. The number of para-hydroxylation sites is 1. The fourth-order valence-electron chi connectivity index (χ4n) is 4.13. The van der Waals surface area contributed by atoms with Crippen LogP contribution in [0, 0.1) is 5.92 Å². The normalized spacial score (nSPS) is 23.3. The van der Waals surface area contributed by atoms with Crippen LogP contribution in [0.1, 0.15) is 45.4 Å². The minimum Gasteiger partial charge on any atom is -0.465 e. The van der Waals surface area contributed by atoms with E-state index >= 15 is 0 Å². The van der Waals surface area contributed by atoms with Gasteiger partial charge in [0.05, 0.1) is 30.0 Å². The van der Waals surface area contributed by atoms with Crippen LogP contribution in [0.25, 0.3) is 0 Å². The monoisotopic (exact) mass is 373 g/mol. The average molecular weight is 373 g/mol. The van der Waals surface area contributed by atoms with Gasteiger partial charge in [-0.15, -0.1) is 0 Å². The second-order valence-corrected chi connectivity index (χ2v) is 6.86. The highest BCUT2D eigenvalue weighted by Gasteiger charge is 2.42. The molecule has 0 spiro atoms. The molecule has 0 aromatic heterocycles. The van der Waals surface area contributed by atoms with E-state index in [4.69, 9.17) is 4.74 Å². The SMILES string of the molecule is COC(=O)c1ccc([C@H]2Nc3c(cccc3C(F)(F)F)[C@@H]3C=CC[C@H]23)cc1. The summed E-state index contributed by atoms with van der Waals surface area (Å²) in [5.74, 6) is -0.373. The van der Waals surface area contributed by atoms with Crippen molar-refractivity contribution in [3.63, 3.8) is 0 Å². The molecule has 3 nitrogen and oxygen atoms in total. The maximum atomic E-state index is 13.5. The highest BCUT2D eigenvalue weighted by atomic mass is 19.4. The summed E-state index contributed by atoms with van der Waals surface area (Å²) in [6, 6.07) is 10.9. The standard InChI is InChI=1S/C21H18F3NO2/c1-27-20(26)13-10-8-12(9-11-13)18-15-5-2-4-14(15)16-6-3-7-17(19(16)25-18)21(22,23)24/h2-4,6-11,14-15,18,25H,5H2,1H3/t14-,15+,18-/m1/s1. The van der Waals surface area contributed by atoms with E-state index in [2.05, 4.69) is 5.32 Å². The second-order valence-electron chi connectivity index (χ2n) is 6.86. The van der Waals surface area contributed by atoms with Gasteiger partial charge in [0.2, 0.25) is 0 Å². The van der Waals surface area contributed by atoms with E-state index in [1.54, 1.807) is 30.3 Å². The third-order valence-corrected chi connectivity index (χ3v) is 5.39. The first-order chi connectivity index (χ1) is 12.9. The molecule has 3 atom stereocenters. The van der Waals surface area contributed by atoms with E-state index in [1.165, 1.54) is 13.2 Å². The predicted molar refractivity (Wildman–Crippen MR) is 95.6 cm³/mol. The zero-order valence-corrected chi connectivity index (χ0v) is 14.6. The Kier molecular flexibility index (Phi) is 4.21. The summed E-state index contributed by atoms with van der Waals surface area (Å²) in [7, 11) is 1.31. The average Bonchev–Trinajstić information content (AvgIpc) is 3.15. The van der Waals surface area contributed by atoms with E-state index in [0.717, 1.165) is 18.1 Å². The number of alkyl halides is 3. The zero-order chi connectivity index (χ0) is 19.2. The quantitative estimate of drug-likeness (QED) is 0.572. The Morgan fingerprint density at radius 1 is 1.15 bits per heavy atom. The molecule has 2 aromatic rings. The van der Waals surface area contributed by atoms with Crippen LogP contribution >= 0.6 is 0 Å². The molecule has 0 amide bonds. The highest BCUT2D eigenvalue weighted by molar-refractivity contribution is 5.89. The summed E-state index contributed by atoms with van der Waals surface area (Å²) in [6.45, 7) is 0. The van der Waals surface area contributed by atoms with E-state index in [-0.39, 0.29) is 23.6 Å². The topological polar surface area (TPSA) is 38.3 Å². The lowest BCUT2D eigenvalue weighted by molar-refractivity contribution is -0.137. The zero-order valence-electron chi connectivity index (χ0n) is 14.6. The molecule has 1 N–H and O–H groups in total. The van der Waals surface area contributed by atoms with Crippen molar-refractivity contribution in [3.05, 3.63) is 76.9 Å². The molecule has 4 rings (SSSR count). The summed E-state index contributed by atoms with van der Waals surface area (Å²) in [5, 5.41) is 3.15. The number of ether oxygens (including phenoxy) is 1. The number of hydrogen-bond acceptors (Lipinski definition) is 3. The van der Waals surface area contributed by atoms with E-state index in [0.29, 0.717) is 11.1 Å². The molecule has 0 unspecified atom stereocenters. The maximum absolute atomic E-state index is 13.5. The van der Waals surface area contributed by atoms with Crippen LogP contribution < -0.4 is 5.32 Å². The fraction of sp³-hybridized carbons (Fsp3) is 0.286. The molecule has 6 heteroatoms. The Morgan fingerprint density at radius 2 is 1.89 bits per heavy atom. The number of carbonyl (C=O) groups excluding carboxylic acids is 1. The van der Waals surface area contributed by atoms with Crippen molar-refractivity contribution in [1.29, 1.82) is 0 Å². The molecule has 140 valence electrons. The number of methoxy groups -OCH3 is 1. The Morgan fingerprint density at radius 3 is 2.56 bits per heavy atom. The molecule has 0 bridgehead atoms. The third-order valence-electron chi connectivity index (χ3n) is 5.39. The molecule has 0 radical (unpaired) electrons. The summed E-state index contributed by atoms with van der Waals surface area (Å²) < 4.78 is 45.3. The number of anilines is 1. The van der Waals surface area contributed by atoms with Crippen LogP contribution in [0.3, 0.4) is 0 Å². The number of allylic oxidation sites excluding steroid dienone is 2. The Hall–Kier alpha value is -2.76. The number of fused-ring (bicyclic) bond motifs is 3. The minimum atomic E-state index is -4.42. The van der Waals surface area contributed by atoms with Gasteiger partial charge < -0.3 is 10.1 Å². The van der Waals surface area contributed by atoms with Gasteiger partial charge in [-0.25, -0.2) is 4.79 Å². The van der Waals surface area contributed by atoms with Crippen molar-refractivity contribution in [3.8, 4) is 0 Å². The number of nitrogens with one attached hydrogen (secondary N) is 1. The van der Waals surface area contributed by atoms with Crippen LogP contribution in [-0.4, -0.2) is 13.1 Å². The molecule has 1 aliphatic carbocycles. The van der Waals surface area contributed by atoms with Gasteiger partial charge in [-0.2, -0.15) is 13.2 Å². The lowest BCUT2D eigenvalue weighted by Crippen LogP contribution is -2.30. The fourth-order valence-corrected chi connectivity index (χ4v) is 4.13. The molecule has 0 saturated carbocycles. The van der Waals surface area contributed by atoms with Gasteiger partial charge in [0.1, 0.15) is 0 Å². The van der Waals surface area contributed by atoms with Gasteiger partial charge in [0.15, 0.2) is 0 Å². The highest BCUT2D eigenvalue weighted by Crippen LogP contribution is 2.52. The Balaban J connectivity index is 1.76. The Labute approximate surface area is 154 Å². The molecular formula is C21H18F3NO2. The van der Waals surface area contributed by atoms with E-state index in [9.17, 15) is 18.0 Å². The first-order valence-electron chi connectivity index (χ1n) is 8.71. The molecular weight excluding hydrogens is 355 g/mol. The van der Waals surface area contributed by atoms with Crippen molar-refractivity contribution in [1.82, 2.24) is 0 Å². The van der Waals surface area contributed by atoms with Gasteiger partial charge in [0.25, 0.3) is 0 Å². The maximum Gasteiger partial charge on any atom is 0.418 e. The van der Waals surface area contributed by atoms with Gasteiger partial charge in [-0.05, 0) is 41.7 Å². The first kappa shape index (κ1) is 17.6. The summed E-state index contributed by atoms with van der Waals surface area (Å²) >= 11 is 0. The number of esters is 1. The van der Waals surface area contributed by atoms with Gasteiger partial charge in [-0.3, -0.25) is 0 Å². The predicted octanol–water partition coefficient (Wildman–Crippen LogP) is 5.32. The number of carbonyl (C=O) groups is 1. The lowest BCUT2D eigenvalue weighted by Gasteiger charge is -2.38. The number of halogens is 3. The van der Waals surface area contributed by atoms with Crippen LogP contribution in [0.2, 0.25) is 0 Å². The van der Waals surface area contributed by atoms with Crippen molar-refractivity contribution in [2.45, 2.75) is 24.6 Å². The van der Waals surface area contributed by atoms with Crippen molar-refractivity contribution < 1.29 is 22.7 Å². The van der Waals surface area contributed by atoms with Crippen LogP contribution in [-0.2, 0) is 10.9 Å². The molecule has 1 heterocycles. The number of benzene rings is 2. The third kappa shape index (κ3) is 2.99. The van der Waals surface area contributed by atoms with Crippen LogP contribution in [0.15, 0.2) is 54.6 Å². The largest absolute Gasteiger partial charge is 0.465 e. The minimum absolute atomic E-state index is 0.0613. The molecule has 2 aromatic carbocycles. The summed E-state index contributed by atoms with van der Waals surface area (Å²) in [5.41, 5.74) is 1.46. The van der Waals surface area contributed by atoms with Crippen molar-refractivity contribution in [2.75, 3.05) is 12.4 Å². The number of rotatable bonds is 2. The number of hydrogen-bond donors (Lipinski definition) is 1. The van der Waals surface area contributed by atoms with Crippen molar-refractivity contribution in [2.24, 2.45) is 5.92 Å². The van der Waals surface area contributed by atoms with E-state index in [1.807, 2.05) is 12.2 Å². The molecule has 2 aliphatic rings. The summed E-state index contributed by atoms with van der Waals surface area (Å²) in [4.78, 5) is 11.6. The second kappa shape index (κ2) is 6.44.